The van der Waals surface area contributed by atoms with Crippen LogP contribution in [0.4, 0.5) is 10.5 Å². The van der Waals surface area contributed by atoms with Gasteiger partial charge in [0.15, 0.2) is 5.65 Å². The Morgan fingerprint density at radius 1 is 1.27 bits per heavy atom. The van der Waals surface area contributed by atoms with E-state index in [1.54, 1.807) is 29.8 Å². The first-order valence-electron chi connectivity index (χ1n) is 10.3. The van der Waals surface area contributed by atoms with Gasteiger partial charge < -0.3 is 15.4 Å². The van der Waals surface area contributed by atoms with Crippen LogP contribution in [0.3, 0.4) is 0 Å². The molecular weight excluding hydrogens is 384 g/mol. The van der Waals surface area contributed by atoms with Crippen LogP contribution >= 0.6 is 0 Å². The molecule has 0 bridgehead atoms. The van der Waals surface area contributed by atoms with Gasteiger partial charge in [-0.15, -0.1) is 0 Å². The number of aryl methyl sites for hydroxylation is 1. The highest BCUT2D eigenvalue weighted by atomic mass is 16.5. The summed E-state index contributed by atoms with van der Waals surface area (Å²) in [6, 6.07) is 2.16. The number of hydrogen-bond acceptors (Lipinski definition) is 7. The van der Waals surface area contributed by atoms with Crippen LogP contribution in [0, 0.1) is 6.92 Å². The molecule has 2 fully saturated rings. The number of amides is 2. The summed E-state index contributed by atoms with van der Waals surface area (Å²) in [6.07, 6.45) is 9.05. The fraction of sp³-hybridized carbons (Fsp3) is 0.500. The van der Waals surface area contributed by atoms with E-state index in [0.29, 0.717) is 12.1 Å². The zero-order valence-electron chi connectivity index (χ0n) is 17.4. The molecule has 3 aliphatic rings. The Labute approximate surface area is 174 Å². The number of nitrogens with one attached hydrogen (secondary N) is 2. The molecule has 1 saturated carbocycles. The normalized spacial score (nSPS) is 26.4. The molecule has 2 aromatic heterocycles. The number of urea groups is 1. The van der Waals surface area contributed by atoms with Gasteiger partial charge in [0, 0.05) is 20.2 Å². The van der Waals surface area contributed by atoms with Gasteiger partial charge in [-0.3, -0.25) is 9.80 Å². The Morgan fingerprint density at radius 2 is 2.07 bits per heavy atom. The van der Waals surface area contributed by atoms with Crippen LogP contribution in [0.1, 0.15) is 31.2 Å². The molecule has 1 unspecified atom stereocenters. The molecule has 2 aliphatic heterocycles. The Hall–Kier alpha value is -3.14. The van der Waals surface area contributed by atoms with Gasteiger partial charge in [-0.25, -0.2) is 19.3 Å². The summed E-state index contributed by atoms with van der Waals surface area (Å²) in [5.41, 5.74) is 3.56. The van der Waals surface area contributed by atoms with Crippen molar-refractivity contribution in [2.45, 2.75) is 50.9 Å². The third-order valence-electron chi connectivity index (χ3n) is 6.30. The van der Waals surface area contributed by atoms with E-state index in [-0.39, 0.29) is 18.2 Å². The Kier molecular flexibility index (Phi) is 4.58. The average Bonchev–Trinajstić information content (AvgIpc) is 3.30. The quantitative estimate of drug-likeness (QED) is 0.802. The molecule has 1 atom stereocenters. The number of guanidine groups is 1. The molecule has 4 heterocycles. The van der Waals surface area contributed by atoms with Crippen molar-refractivity contribution in [3.8, 4) is 0 Å². The number of likely N-dealkylation sites (N-methyl/N-ethyl adjacent to an activating group) is 1. The summed E-state index contributed by atoms with van der Waals surface area (Å²) < 4.78 is 7.21. The molecule has 30 heavy (non-hydrogen) atoms. The van der Waals surface area contributed by atoms with E-state index in [0.717, 1.165) is 48.3 Å². The van der Waals surface area contributed by atoms with Crippen LogP contribution in [-0.4, -0.2) is 68.9 Å². The molecular formula is C20H26N8O2. The number of fused-ring (bicyclic) bond motifs is 2. The molecule has 158 valence electrons. The minimum Gasteiger partial charge on any atom is -0.381 e. The van der Waals surface area contributed by atoms with E-state index in [2.05, 4.69) is 25.7 Å². The van der Waals surface area contributed by atoms with E-state index >= 15 is 0 Å². The molecule has 2 amide bonds. The topological polar surface area (TPSA) is 99.4 Å². The van der Waals surface area contributed by atoms with E-state index in [9.17, 15) is 4.79 Å². The Balaban J connectivity index is 1.37. The number of carbonyl (C=O) groups is 1. The summed E-state index contributed by atoms with van der Waals surface area (Å²) in [4.78, 5) is 25.4. The largest absolute Gasteiger partial charge is 0.381 e. The van der Waals surface area contributed by atoms with Gasteiger partial charge in [0.2, 0.25) is 5.96 Å². The van der Waals surface area contributed by atoms with Gasteiger partial charge in [-0.05, 0) is 44.2 Å². The molecule has 0 aromatic carbocycles. The third-order valence-corrected chi connectivity index (χ3v) is 6.30. The predicted molar refractivity (Wildman–Crippen MR) is 112 cm³/mol. The second-order valence-electron chi connectivity index (χ2n) is 8.05. The van der Waals surface area contributed by atoms with Crippen LogP contribution in [0.2, 0.25) is 0 Å². The molecule has 2 N–H and O–H groups in total. The van der Waals surface area contributed by atoms with E-state index in [1.165, 1.54) is 6.33 Å². The molecule has 5 rings (SSSR count). The number of nitrogens with zero attached hydrogens (tertiary/aromatic N) is 6. The highest BCUT2D eigenvalue weighted by Crippen LogP contribution is 2.33. The molecule has 1 aliphatic carbocycles. The van der Waals surface area contributed by atoms with E-state index in [4.69, 9.17) is 4.74 Å². The number of anilines is 1. The highest BCUT2D eigenvalue weighted by Gasteiger charge is 2.45. The summed E-state index contributed by atoms with van der Waals surface area (Å²) >= 11 is 0. The zero-order valence-corrected chi connectivity index (χ0v) is 17.4. The van der Waals surface area contributed by atoms with Crippen molar-refractivity contribution in [2.24, 2.45) is 4.99 Å². The molecule has 2 aromatic rings. The lowest BCUT2D eigenvalue weighted by molar-refractivity contribution is 0.0427. The van der Waals surface area contributed by atoms with Gasteiger partial charge in [0.1, 0.15) is 12.5 Å². The van der Waals surface area contributed by atoms with Crippen molar-refractivity contribution in [3.63, 3.8) is 0 Å². The summed E-state index contributed by atoms with van der Waals surface area (Å²) in [5.74, 6) is 0.602. The van der Waals surface area contributed by atoms with Gasteiger partial charge >= 0.3 is 6.03 Å². The van der Waals surface area contributed by atoms with Crippen LogP contribution in [0.25, 0.3) is 5.65 Å². The van der Waals surface area contributed by atoms with Gasteiger partial charge in [-0.1, -0.05) is 0 Å². The maximum atomic E-state index is 13.0. The number of ether oxygens (including phenoxy) is 1. The first-order chi connectivity index (χ1) is 14.5. The molecule has 1 saturated heterocycles. The maximum absolute atomic E-state index is 13.0. The summed E-state index contributed by atoms with van der Waals surface area (Å²) in [5, 5.41) is 11.0. The second-order valence-corrected chi connectivity index (χ2v) is 8.05. The smallest absolute Gasteiger partial charge is 0.326 e. The Bertz CT molecular complexity index is 1040. The minimum absolute atomic E-state index is 0.0104. The number of pyridine rings is 1. The average molecular weight is 410 g/mol. The number of aromatic nitrogens is 3. The van der Waals surface area contributed by atoms with Crippen LogP contribution < -0.4 is 10.6 Å². The second kappa shape index (κ2) is 7.28. The van der Waals surface area contributed by atoms with Crippen LogP contribution in [-0.2, 0) is 4.74 Å². The van der Waals surface area contributed by atoms with Crippen molar-refractivity contribution in [1.29, 1.82) is 0 Å². The monoisotopic (exact) mass is 410 g/mol. The van der Waals surface area contributed by atoms with Crippen LogP contribution in [0.15, 0.2) is 35.5 Å². The van der Waals surface area contributed by atoms with Crippen molar-refractivity contribution in [1.82, 2.24) is 29.7 Å². The fourth-order valence-corrected chi connectivity index (χ4v) is 4.53. The first-order valence-corrected chi connectivity index (χ1v) is 10.3. The van der Waals surface area contributed by atoms with Gasteiger partial charge in [0.05, 0.1) is 29.9 Å². The number of carbonyl (C=O) groups excluding carboxylic acids is 1. The lowest BCUT2D eigenvalue weighted by atomic mass is 9.91. The lowest BCUT2D eigenvalue weighted by Gasteiger charge is -2.37. The van der Waals surface area contributed by atoms with Gasteiger partial charge in [0.25, 0.3) is 0 Å². The highest BCUT2D eigenvalue weighted by molar-refractivity contribution is 5.97. The molecule has 10 heteroatoms. The molecule has 0 radical (unpaired) electrons. The zero-order chi connectivity index (χ0) is 20.8. The number of rotatable bonds is 3. The van der Waals surface area contributed by atoms with Crippen molar-refractivity contribution < 1.29 is 9.53 Å². The number of methoxy groups -OCH3 is 1. The number of aliphatic imine (C=N–C) groups is 1. The minimum atomic E-state index is -0.234. The maximum Gasteiger partial charge on any atom is 0.326 e. The van der Waals surface area contributed by atoms with E-state index in [1.807, 2.05) is 24.1 Å². The van der Waals surface area contributed by atoms with Gasteiger partial charge in [-0.2, -0.15) is 5.10 Å². The Morgan fingerprint density at radius 3 is 2.83 bits per heavy atom. The molecule has 10 nitrogen and oxygen atoms in total. The summed E-state index contributed by atoms with van der Waals surface area (Å²) in [6.45, 7) is 2.01. The third kappa shape index (κ3) is 3.07. The number of hydrogen-bond donors (Lipinski definition) is 2. The van der Waals surface area contributed by atoms with Crippen molar-refractivity contribution in [3.05, 3.63) is 36.1 Å². The summed E-state index contributed by atoms with van der Waals surface area (Å²) in [7, 11) is 3.57. The standard InChI is InChI=1S/C20H26N8O2/c1-12-8-17-22-11-23-27(17)10-15(12)24-19-21-9-16-18(25-19)28(20(29)26(16)2)13-4-6-14(30-3)7-5-13/h8-11,13-14,18H,4-7H2,1-3H3,(H2,21,24,25)/t13-,14+,18?. The predicted octanol–water partition coefficient (Wildman–Crippen LogP) is 1.90. The van der Waals surface area contributed by atoms with Crippen molar-refractivity contribution >= 4 is 23.3 Å². The lowest BCUT2D eigenvalue weighted by Crippen LogP contribution is -2.54. The SMILES string of the molecule is CO[C@H]1CC[C@@H](N2C(=O)N(C)C3=CN=C(Nc4cn5ncnc5cc4C)NC32)CC1. The fourth-order valence-electron chi connectivity index (χ4n) is 4.53. The van der Waals surface area contributed by atoms with Crippen molar-refractivity contribution in [2.75, 3.05) is 19.5 Å². The first kappa shape index (κ1) is 18.9. The molecule has 0 spiro atoms. The van der Waals surface area contributed by atoms with Crippen LogP contribution in [0.5, 0.6) is 0 Å². The van der Waals surface area contributed by atoms with E-state index < -0.39 is 0 Å².